The van der Waals surface area contributed by atoms with Crippen LogP contribution in [0.4, 0.5) is 5.95 Å². The zero-order valence-electron chi connectivity index (χ0n) is 16.5. The molecule has 0 aliphatic heterocycles. The maximum atomic E-state index is 5.08. The van der Waals surface area contributed by atoms with E-state index in [9.17, 15) is 0 Å². The van der Waals surface area contributed by atoms with E-state index in [1.54, 1.807) is 0 Å². The van der Waals surface area contributed by atoms with Crippen LogP contribution in [0, 0.1) is 13.8 Å². The Morgan fingerprint density at radius 2 is 1.75 bits per heavy atom. The van der Waals surface area contributed by atoms with Crippen molar-refractivity contribution in [3.63, 3.8) is 0 Å². The third kappa shape index (κ3) is 2.29. The van der Waals surface area contributed by atoms with Gasteiger partial charge in [0.05, 0.1) is 26.0 Å². The maximum absolute atomic E-state index is 5.08. The molecule has 0 fully saturated rings. The fourth-order valence-electron chi connectivity index (χ4n) is 3.91. The van der Waals surface area contributed by atoms with Crippen LogP contribution in [0.2, 0.25) is 0 Å². The van der Waals surface area contributed by atoms with Crippen LogP contribution in [0.1, 0.15) is 11.1 Å². The summed E-state index contributed by atoms with van der Waals surface area (Å²) in [6.07, 6.45) is 3.93. The van der Waals surface area contributed by atoms with Gasteiger partial charge < -0.3 is 0 Å². The van der Waals surface area contributed by atoms with Gasteiger partial charge in [0, 0.05) is 6.20 Å². The van der Waals surface area contributed by atoms with Crippen molar-refractivity contribution < 1.29 is 4.40 Å². The lowest BCUT2D eigenvalue weighted by atomic mass is 10.1. The molecule has 5 heteroatoms. The van der Waals surface area contributed by atoms with E-state index in [-0.39, 0.29) is 0 Å². The Bertz CT molecular complexity index is 1350. The van der Waals surface area contributed by atoms with Gasteiger partial charge in [-0.2, -0.15) is 4.40 Å². The quantitative estimate of drug-likeness (QED) is 0.443. The molecule has 4 heterocycles. The molecule has 0 aliphatic rings. The van der Waals surface area contributed by atoms with Gasteiger partial charge in [-0.15, -0.1) is 0 Å². The van der Waals surface area contributed by atoms with E-state index in [1.807, 2.05) is 24.4 Å². The standard InChI is InChI=1S/C23H22N5/c1-15-13-18-20(14-16(15)2)28-22(21(25-18)17-9-5-7-11-24-17)19-10-6-8-12-27(19)23(28)26(3)4/h5-14H,1-4H3/q+1. The van der Waals surface area contributed by atoms with Gasteiger partial charge in [0.1, 0.15) is 22.2 Å². The average molecular weight is 368 g/mol. The molecule has 4 aromatic heterocycles. The number of nitrogens with zero attached hydrogens (tertiary/aromatic N) is 5. The molecule has 1 aromatic carbocycles. The van der Waals surface area contributed by atoms with Gasteiger partial charge in [-0.25, -0.2) is 9.38 Å². The lowest BCUT2D eigenvalue weighted by Gasteiger charge is -2.10. The van der Waals surface area contributed by atoms with Crippen LogP contribution >= 0.6 is 0 Å². The highest BCUT2D eigenvalue weighted by molar-refractivity contribution is 5.95. The van der Waals surface area contributed by atoms with Gasteiger partial charge >= 0.3 is 5.95 Å². The van der Waals surface area contributed by atoms with Crippen LogP contribution in [0.15, 0.2) is 60.9 Å². The molecular formula is C23H22N5+. The van der Waals surface area contributed by atoms with E-state index in [0.717, 1.165) is 39.4 Å². The van der Waals surface area contributed by atoms with Crippen molar-refractivity contribution in [2.24, 2.45) is 0 Å². The molecule has 0 spiro atoms. The van der Waals surface area contributed by atoms with Crippen molar-refractivity contribution in [3.05, 3.63) is 72.1 Å². The van der Waals surface area contributed by atoms with Gasteiger partial charge in [-0.3, -0.25) is 9.88 Å². The van der Waals surface area contributed by atoms with E-state index in [2.05, 4.69) is 83.2 Å². The Kier molecular flexibility index (Phi) is 3.59. The maximum Gasteiger partial charge on any atom is 0.370 e. The Morgan fingerprint density at radius 3 is 2.50 bits per heavy atom. The van der Waals surface area contributed by atoms with Gasteiger partial charge in [0.2, 0.25) is 0 Å². The molecule has 0 saturated carbocycles. The lowest BCUT2D eigenvalue weighted by molar-refractivity contribution is -0.497. The Morgan fingerprint density at radius 1 is 0.964 bits per heavy atom. The second kappa shape index (κ2) is 6.02. The van der Waals surface area contributed by atoms with E-state index in [4.69, 9.17) is 4.98 Å². The fraction of sp³-hybridized carbons (Fsp3) is 0.174. The fourth-order valence-corrected chi connectivity index (χ4v) is 3.91. The molecule has 0 N–H and O–H groups in total. The number of benzene rings is 1. The first-order chi connectivity index (χ1) is 13.6. The monoisotopic (exact) mass is 368 g/mol. The van der Waals surface area contributed by atoms with E-state index in [0.29, 0.717) is 0 Å². The molecular weight excluding hydrogens is 346 g/mol. The van der Waals surface area contributed by atoms with Crippen molar-refractivity contribution >= 4 is 28.0 Å². The van der Waals surface area contributed by atoms with Gasteiger partial charge in [-0.05, 0) is 61.4 Å². The first-order valence-electron chi connectivity index (χ1n) is 9.41. The van der Waals surface area contributed by atoms with Crippen LogP contribution < -0.4 is 9.30 Å². The van der Waals surface area contributed by atoms with E-state index < -0.39 is 0 Å². The molecule has 0 aliphatic carbocycles. The number of aryl methyl sites for hydroxylation is 2. The summed E-state index contributed by atoms with van der Waals surface area (Å²) in [6.45, 7) is 4.29. The summed E-state index contributed by atoms with van der Waals surface area (Å²) in [5.41, 5.74) is 8.52. The average Bonchev–Trinajstić information content (AvgIpc) is 3.05. The number of hydrogen-bond acceptors (Lipinski definition) is 3. The predicted molar refractivity (Wildman–Crippen MR) is 113 cm³/mol. The van der Waals surface area contributed by atoms with Crippen molar-refractivity contribution in [2.75, 3.05) is 19.0 Å². The van der Waals surface area contributed by atoms with Gasteiger partial charge in [-0.1, -0.05) is 12.1 Å². The second-order valence-corrected chi connectivity index (χ2v) is 7.43. The Labute approximate surface area is 163 Å². The molecule has 0 unspecified atom stereocenters. The number of rotatable bonds is 2. The minimum Gasteiger partial charge on any atom is -0.269 e. The van der Waals surface area contributed by atoms with Crippen LogP contribution in [-0.2, 0) is 0 Å². The van der Waals surface area contributed by atoms with Crippen LogP contribution in [0.3, 0.4) is 0 Å². The molecule has 5 aromatic rings. The highest BCUT2D eigenvalue weighted by atomic mass is 15.3. The Hall–Kier alpha value is -3.47. The molecule has 0 bridgehead atoms. The molecule has 0 saturated heterocycles. The zero-order valence-corrected chi connectivity index (χ0v) is 16.5. The molecule has 5 rings (SSSR count). The zero-order chi connectivity index (χ0) is 19.4. The minimum atomic E-state index is 0.877. The van der Waals surface area contributed by atoms with Gasteiger partial charge in [0.25, 0.3) is 0 Å². The summed E-state index contributed by atoms with van der Waals surface area (Å²) in [7, 11) is 4.16. The van der Waals surface area contributed by atoms with Crippen LogP contribution in [-0.4, -0.2) is 28.5 Å². The highest BCUT2D eigenvalue weighted by Gasteiger charge is 2.27. The molecule has 5 nitrogen and oxygen atoms in total. The van der Waals surface area contributed by atoms with Crippen molar-refractivity contribution in [1.29, 1.82) is 0 Å². The number of pyridine rings is 2. The second-order valence-electron chi connectivity index (χ2n) is 7.43. The number of imidazole rings is 1. The smallest absolute Gasteiger partial charge is 0.269 e. The third-order valence-corrected chi connectivity index (χ3v) is 5.34. The van der Waals surface area contributed by atoms with E-state index >= 15 is 0 Å². The summed E-state index contributed by atoms with van der Waals surface area (Å²) in [6, 6.07) is 16.7. The SMILES string of the molecule is Cc1cc2nc(-c3ccccn3)c3c4cccc[n+]4c(N(C)C)n3c2cc1C. The first-order valence-corrected chi connectivity index (χ1v) is 9.41. The van der Waals surface area contributed by atoms with Crippen LogP contribution in [0.5, 0.6) is 0 Å². The predicted octanol–water partition coefficient (Wildman–Crippen LogP) is 3.97. The van der Waals surface area contributed by atoms with E-state index in [1.165, 1.54) is 11.1 Å². The number of aromatic nitrogens is 4. The largest absolute Gasteiger partial charge is 0.370 e. The van der Waals surface area contributed by atoms with Crippen molar-refractivity contribution in [1.82, 2.24) is 14.4 Å². The van der Waals surface area contributed by atoms with Gasteiger partial charge in [0.15, 0.2) is 5.52 Å². The summed E-state index contributed by atoms with van der Waals surface area (Å²) in [5, 5.41) is 0. The third-order valence-electron chi connectivity index (χ3n) is 5.34. The molecule has 0 atom stereocenters. The molecule has 0 amide bonds. The minimum absolute atomic E-state index is 0.877. The van der Waals surface area contributed by atoms with Crippen LogP contribution in [0.25, 0.3) is 33.5 Å². The lowest BCUT2D eigenvalue weighted by Crippen LogP contribution is -2.29. The summed E-state index contributed by atoms with van der Waals surface area (Å²) >= 11 is 0. The highest BCUT2D eigenvalue weighted by Crippen LogP contribution is 2.32. The summed E-state index contributed by atoms with van der Waals surface area (Å²) in [4.78, 5) is 11.8. The topological polar surface area (TPSA) is 37.5 Å². The Balaban J connectivity index is 2.11. The van der Waals surface area contributed by atoms with Crippen molar-refractivity contribution in [3.8, 4) is 11.4 Å². The van der Waals surface area contributed by atoms with Crippen molar-refractivity contribution in [2.45, 2.75) is 13.8 Å². The summed E-state index contributed by atoms with van der Waals surface area (Å²) < 4.78 is 4.53. The summed E-state index contributed by atoms with van der Waals surface area (Å²) in [5.74, 6) is 1.08. The number of fused-ring (bicyclic) bond motifs is 5. The normalized spacial score (nSPS) is 11.6. The molecule has 28 heavy (non-hydrogen) atoms. The molecule has 138 valence electrons. The number of anilines is 1. The first kappa shape index (κ1) is 16.7. The number of hydrogen-bond donors (Lipinski definition) is 0. The molecule has 0 radical (unpaired) electrons.